The Balaban J connectivity index is 2.21. The second-order valence-corrected chi connectivity index (χ2v) is 3.94. The number of ether oxygens (including phenoxy) is 1. The zero-order valence-electron chi connectivity index (χ0n) is 10.7. The monoisotopic (exact) mass is 277 g/mol. The molecule has 0 radical (unpaired) electrons. The molecular formula is C13H12FN3O3. The molecule has 1 aromatic carbocycles. The van der Waals surface area contributed by atoms with Crippen molar-refractivity contribution in [1.29, 1.82) is 0 Å². The van der Waals surface area contributed by atoms with Gasteiger partial charge in [-0.2, -0.15) is 0 Å². The van der Waals surface area contributed by atoms with Crippen LogP contribution in [0.1, 0.15) is 5.56 Å². The van der Waals surface area contributed by atoms with E-state index in [-0.39, 0.29) is 17.9 Å². The third kappa shape index (κ3) is 3.00. The number of nitrogens with zero attached hydrogens (tertiary/aromatic N) is 2. The molecule has 0 aliphatic carbocycles. The minimum Gasteiger partial charge on any atom is -0.481 e. The number of methoxy groups -OCH3 is 1. The lowest BCUT2D eigenvalue weighted by molar-refractivity contribution is -0.384. The zero-order chi connectivity index (χ0) is 14.5. The van der Waals surface area contributed by atoms with Crippen molar-refractivity contribution >= 4 is 11.4 Å². The molecule has 20 heavy (non-hydrogen) atoms. The SMILES string of the molecule is COc1ncccc1CNc1ccc(F)cc1[N+](=O)[O-]. The highest BCUT2D eigenvalue weighted by molar-refractivity contribution is 5.61. The van der Waals surface area contributed by atoms with Crippen LogP contribution in [-0.2, 0) is 6.54 Å². The van der Waals surface area contributed by atoms with Crippen LogP contribution in [0.2, 0.25) is 0 Å². The first-order chi connectivity index (χ1) is 9.61. The largest absolute Gasteiger partial charge is 0.481 e. The maximum Gasteiger partial charge on any atom is 0.295 e. The van der Waals surface area contributed by atoms with Crippen LogP contribution in [0.15, 0.2) is 36.5 Å². The molecule has 1 N–H and O–H groups in total. The van der Waals surface area contributed by atoms with E-state index in [9.17, 15) is 14.5 Å². The lowest BCUT2D eigenvalue weighted by atomic mass is 10.2. The summed E-state index contributed by atoms with van der Waals surface area (Å²) in [6.45, 7) is 0.281. The van der Waals surface area contributed by atoms with Gasteiger partial charge in [0.15, 0.2) is 0 Å². The Morgan fingerprint density at radius 3 is 2.95 bits per heavy atom. The highest BCUT2D eigenvalue weighted by Gasteiger charge is 2.15. The van der Waals surface area contributed by atoms with E-state index in [1.165, 1.54) is 13.2 Å². The Labute approximate surface area is 114 Å². The topological polar surface area (TPSA) is 77.3 Å². The number of benzene rings is 1. The standard InChI is InChI=1S/C13H12FN3O3/c1-20-13-9(3-2-6-15-13)8-16-11-5-4-10(14)7-12(11)17(18)19/h2-7,16H,8H2,1H3. The zero-order valence-corrected chi connectivity index (χ0v) is 10.7. The van der Waals surface area contributed by atoms with Crippen LogP contribution in [0.5, 0.6) is 5.88 Å². The van der Waals surface area contributed by atoms with Crippen LogP contribution in [0.25, 0.3) is 0 Å². The number of halogens is 1. The predicted octanol–water partition coefficient (Wildman–Crippen LogP) is 2.75. The molecule has 7 heteroatoms. The summed E-state index contributed by atoms with van der Waals surface area (Å²) in [5.41, 5.74) is 0.670. The van der Waals surface area contributed by atoms with E-state index in [4.69, 9.17) is 4.74 Å². The number of pyridine rings is 1. The van der Waals surface area contributed by atoms with Gasteiger partial charge in [0.2, 0.25) is 5.88 Å². The number of aromatic nitrogens is 1. The number of hydrogen-bond acceptors (Lipinski definition) is 5. The highest BCUT2D eigenvalue weighted by Crippen LogP contribution is 2.26. The Morgan fingerprint density at radius 2 is 2.25 bits per heavy atom. The fraction of sp³-hybridized carbons (Fsp3) is 0.154. The van der Waals surface area contributed by atoms with E-state index in [0.29, 0.717) is 5.88 Å². The van der Waals surface area contributed by atoms with E-state index in [1.807, 2.05) is 0 Å². The first-order valence-corrected chi connectivity index (χ1v) is 5.77. The molecule has 0 unspecified atom stereocenters. The first-order valence-electron chi connectivity index (χ1n) is 5.77. The number of nitro groups is 1. The third-order valence-electron chi connectivity index (χ3n) is 2.67. The van der Waals surface area contributed by atoms with Gasteiger partial charge >= 0.3 is 0 Å². The van der Waals surface area contributed by atoms with Gasteiger partial charge in [-0.3, -0.25) is 10.1 Å². The molecule has 0 aliphatic heterocycles. The van der Waals surface area contributed by atoms with Crippen LogP contribution in [-0.4, -0.2) is 17.0 Å². The molecule has 0 spiro atoms. The van der Waals surface area contributed by atoms with Gasteiger partial charge in [0.25, 0.3) is 5.69 Å². The van der Waals surface area contributed by atoms with E-state index in [0.717, 1.165) is 17.7 Å². The lowest BCUT2D eigenvalue weighted by Gasteiger charge is -2.09. The van der Waals surface area contributed by atoms with Crippen molar-refractivity contribution in [2.45, 2.75) is 6.54 Å². The summed E-state index contributed by atoms with van der Waals surface area (Å²) in [4.78, 5) is 14.3. The fourth-order valence-corrected chi connectivity index (χ4v) is 1.74. The van der Waals surface area contributed by atoms with Crippen LogP contribution < -0.4 is 10.1 Å². The van der Waals surface area contributed by atoms with Crippen LogP contribution in [0.4, 0.5) is 15.8 Å². The minimum absolute atomic E-state index is 0.238. The predicted molar refractivity (Wildman–Crippen MR) is 71.2 cm³/mol. The Hall–Kier alpha value is -2.70. The molecule has 0 amide bonds. The van der Waals surface area contributed by atoms with Gasteiger partial charge < -0.3 is 10.1 Å². The number of rotatable bonds is 5. The summed E-state index contributed by atoms with van der Waals surface area (Å²) in [6, 6.07) is 6.89. The molecule has 0 fully saturated rings. The summed E-state index contributed by atoms with van der Waals surface area (Å²) in [7, 11) is 1.49. The van der Waals surface area contributed by atoms with Gasteiger partial charge in [-0.1, -0.05) is 6.07 Å². The Morgan fingerprint density at radius 1 is 1.45 bits per heavy atom. The molecule has 0 saturated carbocycles. The smallest absolute Gasteiger partial charge is 0.295 e. The van der Waals surface area contributed by atoms with Crippen molar-refractivity contribution in [3.8, 4) is 5.88 Å². The molecular weight excluding hydrogens is 265 g/mol. The van der Waals surface area contributed by atoms with Gasteiger partial charge in [-0.05, 0) is 18.2 Å². The highest BCUT2D eigenvalue weighted by atomic mass is 19.1. The summed E-state index contributed by atoms with van der Waals surface area (Å²) in [5.74, 6) is -0.217. The van der Waals surface area contributed by atoms with Gasteiger partial charge in [0, 0.05) is 18.3 Å². The molecule has 0 atom stereocenters. The fourth-order valence-electron chi connectivity index (χ4n) is 1.74. The molecule has 0 saturated heterocycles. The Kier molecular flexibility index (Phi) is 4.09. The molecule has 0 aliphatic rings. The van der Waals surface area contributed by atoms with Crippen LogP contribution in [0, 0.1) is 15.9 Å². The van der Waals surface area contributed by atoms with Crippen molar-refractivity contribution in [2.24, 2.45) is 0 Å². The van der Waals surface area contributed by atoms with Crippen molar-refractivity contribution in [1.82, 2.24) is 4.98 Å². The lowest BCUT2D eigenvalue weighted by Crippen LogP contribution is -2.05. The van der Waals surface area contributed by atoms with Gasteiger partial charge in [-0.25, -0.2) is 9.37 Å². The molecule has 0 bridgehead atoms. The molecule has 6 nitrogen and oxygen atoms in total. The normalized spacial score (nSPS) is 10.1. The van der Waals surface area contributed by atoms with Crippen molar-refractivity contribution in [3.05, 3.63) is 58.0 Å². The average Bonchev–Trinajstić information content (AvgIpc) is 2.46. The van der Waals surface area contributed by atoms with Gasteiger partial charge in [0.1, 0.15) is 11.5 Å². The molecule has 104 valence electrons. The summed E-state index contributed by atoms with van der Waals surface area (Å²) >= 11 is 0. The third-order valence-corrected chi connectivity index (χ3v) is 2.67. The van der Waals surface area contributed by atoms with Crippen LogP contribution in [0.3, 0.4) is 0 Å². The van der Waals surface area contributed by atoms with E-state index >= 15 is 0 Å². The summed E-state index contributed by atoms with van der Waals surface area (Å²) in [6.07, 6.45) is 1.59. The second-order valence-electron chi connectivity index (χ2n) is 3.94. The molecule has 1 aromatic heterocycles. The van der Waals surface area contributed by atoms with Crippen molar-refractivity contribution in [3.63, 3.8) is 0 Å². The number of hydrogen-bond donors (Lipinski definition) is 1. The summed E-state index contributed by atoms with van der Waals surface area (Å²) in [5, 5.41) is 13.8. The molecule has 2 aromatic rings. The maximum atomic E-state index is 13.0. The molecule has 2 rings (SSSR count). The maximum absolute atomic E-state index is 13.0. The summed E-state index contributed by atoms with van der Waals surface area (Å²) < 4.78 is 18.1. The number of anilines is 1. The van der Waals surface area contributed by atoms with Gasteiger partial charge in [0.05, 0.1) is 18.1 Å². The van der Waals surface area contributed by atoms with E-state index in [1.54, 1.807) is 18.3 Å². The number of nitrogens with one attached hydrogen (secondary N) is 1. The van der Waals surface area contributed by atoms with E-state index < -0.39 is 10.7 Å². The van der Waals surface area contributed by atoms with Crippen LogP contribution >= 0.6 is 0 Å². The van der Waals surface area contributed by atoms with Crippen molar-refractivity contribution < 1.29 is 14.1 Å². The Bertz CT molecular complexity index is 634. The quantitative estimate of drug-likeness (QED) is 0.671. The minimum atomic E-state index is -0.652. The average molecular weight is 277 g/mol. The van der Waals surface area contributed by atoms with E-state index in [2.05, 4.69) is 10.3 Å². The second kappa shape index (κ2) is 5.96. The molecule has 1 heterocycles. The number of nitro benzene ring substituents is 1. The van der Waals surface area contributed by atoms with Crippen molar-refractivity contribution in [2.75, 3.05) is 12.4 Å². The van der Waals surface area contributed by atoms with Gasteiger partial charge in [-0.15, -0.1) is 0 Å². The first kappa shape index (κ1) is 13.7.